The molecular weight excluding hydrogens is 357 g/mol. The molecule has 1 aliphatic rings. The topological polar surface area (TPSA) is 53.5 Å². The molecule has 6 heteroatoms. The molecule has 0 aliphatic carbocycles. The maximum Gasteiger partial charge on any atom is 0.254 e. The summed E-state index contributed by atoms with van der Waals surface area (Å²) in [7, 11) is 0. The number of rotatable bonds is 2. The van der Waals surface area contributed by atoms with Crippen molar-refractivity contribution in [3.05, 3.63) is 66.0 Å². The average molecular weight is 377 g/mol. The van der Waals surface area contributed by atoms with Gasteiger partial charge in [0, 0.05) is 44.1 Å². The van der Waals surface area contributed by atoms with E-state index < -0.39 is 0 Å². The Kier molecular flexibility index (Phi) is 4.77. The van der Waals surface area contributed by atoms with Crippen LogP contribution in [0.5, 0.6) is 0 Å². The van der Waals surface area contributed by atoms with E-state index in [4.69, 9.17) is 0 Å². The molecule has 1 saturated heterocycles. The zero-order valence-corrected chi connectivity index (χ0v) is 15.6. The molecule has 0 radical (unpaired) electrons. The molecule has 28 heavy (non-hydrogen) atoms. The van der Waals surface area contributed by atoms with Crippen LogP contribution in [0.3, 0.4) is 0 Å². The minimum Gasteiger partial charge on any atom is -0.339 e. The number of fused-ring (bicyclic) bond motifs is 1. The molecule has 0 saturated carbocycles. The van der Waals surface area contributed by atoms with Gasteiger partial charge < -0.3 is 9.80 Å². The largest absolute Gasteiger partial charge is 0.339 e. The zero-order valence-electron chi connectivity index (χ0n) is 15.6. The lowest BCUT2D eigenvalue weighted by atomic mass is 10.0. The number of nitrogens with zero attached hydrogens (tertiary/aromatic N) is 3. The van der Waals surface area contributed by atoms with Crippen molar-refractivity contribution < 1.29 is 14.0 Å². The number of pyridine rings is 1. The first kappa shape index (κ1) is 18.1. The highest BCUT2D eigenvalue weighted by Gasteiger charge is 2.25. The molecule has 142 valence electrons. The molecule has 5 nitrogen and oxygen atoms in total. The predicted molar refractivity (Wildman–Crippen MR) is 105 cm³/mol. The molecule has 1 aliphatic heterocycles. The Morgan fingerprint density at radius 2 is 1.57 bits per heavy atom. The maximum atomic E-state index is 13.3. The molecular formula is C22H20FN3O2. The fourth-order valence-electron chi connectivity index (χ4n) is 3.52. The summed E-state index contributed by atoms with van der Waals surface area (Å²) >= 11 is 0. The first-order valence-corrected chi connectivity index (χ1v) is 9.23. The highest BCUT2D eigenvalue weighted by atomic mass is 19.1. The van der Waals surface area contributed by atoms with Gasteiger partial charge in [-0.15, -0.1) is 0 Å². The van der Waals surface area contributed by atoms with Gasteiger partial charge in [0.05, 0.1) is 16.8 Å². The second-order valence-electron chi connectivity index (χ2n) is 6.88. The molecule has 1 fully saturated rings. The van der Waals surface area contributed by atoms with Crippen molar-refractivity contribution in [1.82, 2.24) is 14.8 Å². The van der Waals surface area contributed by atoms with Crippen molar-refractivity contribution >= 4 is 22.7 Å². The van der Waals surface area contributed by atoms with Gasteiger partial charge in [0.25, 0.3) is 5.91 Å². The maximum absolute atomic E-state index is 13.3. The van der Waals surface area contributed by atoms with E-state index in [-0.39, 0.29) is 17.6 Å². The Morgan fingerprint density at radius 3 is 2.25 bits per heavy atom. The molecule has 0 N–H and O–H groups in total. The molecule has 0 spiro atoms. The van der Waals surface area contributed by atoms with E-state index in [1.807, 2.05) is 24.3 Å². The Morgan fingerprint density at radius 1 is 0.929 bits per heavy atom. The smallest absolute Gasteiger partial charge is 0.254 e. The lowest BCUT2D eigenvalue weighted by Crippen LogP contribution is -2.50. The van der Waals surface area contributed by atoms with Crippen molar-refractivity contribution in [2.75, 3.05) is 26.2 Å². The second-order valence-corrected chi connectivity index (χ2v) is 6.88. The lowest BCUT2D eigenvalue weighted by molar-refractivity contribution is -0.130. The van der Waals surface area contributed by atoms with Gasteiger partial charge in [0.15, 0.2) is 0 Å². The summed E-state index contributed by atoms with van der Waals surface area (Å²) in [4.78, 5) is 33.0. The number of benzene rings is 2. The van der Waals surface area contributed by atoms with E-state index in [9.17, 15) is 14.0 Å². The number of carbonyl (C=O) groups excluding carboxylic acids is 2. The zero-order chi connectivity index (χ0) is 19.7. The molecule has 0 unspecified atom stereocenters. The van der Waals surface area contributed by atoms with E-state index in [0.29, 0.717) is 37.4 Å². The van der Waals surface area contributed by atoms with Crippen LogP contribution in [0.15, 0.2) is 54.6 Å². The number of amides is 2. The van der Waals surface area contributed by atoms with Gasteiger partial charge in [0.1, 0.15) is 5.82 Å². The summed E-state index contributed by atoms with van der Waals surface area (Å²) in [5.41, 5.74) is 2.67. The van der Waals surface area contributed by atoms with Crippen molar-refractivity contribution in [1.29, 1.82) is 0 Å². The van der Waals surface area contributed by atoms with Crippen LogP contribution in [-0.2, 0) is 4.79 Å². The van der Waals surface area contributed by atoms with E-state index in [1.165, 1.54) is 12.1 Å². The van der Waals surface area contributed by atoms with Crippen LogP contribution < -0.4 is 0 Å². The summed E-state index contributed by atoms with van der Waals surface area (Å²) in [6.07, 6.45) is 0. The van der Waals surface area contributed by atoms with E-state index >= 15 is 0 Å². The van der Waals surface area contributed by atoms with E-state index in [0.717, 1.165) is 16.5 Å². The predicted octanol–water partition coefficient (Wildman–Crippen LogP) is 3.35. The van der Waals surface area contributed by atoms with Crippen LogP contribution in [0.4, 0.5) is 4.39 Å². The van der Waals surface area contributed by atoms with Crippen molar-refractivity contribution in [2.24, 2.45) is 0 Å². The average Bonchev–Trinajstić information content (AvgIpc) is 2.73. The van der Waals surface area contributed by atoms with Crippen LogP contribution in [-0.4, -0.2) is 52.8 Å². The highest BCUT2D eigenvalue weighted by Crippen LogP contribution is 2.26. The summed E-state index contributed by atoms with van der Waals surface area (Å²) in [6.45, 7) is 3.62. The Labute approximate surface area is 162 Å². The molecule has 3 aromatic rings. The van der Waals surface area contributed by atoms with Crippen molar-refractivity contribution in [3.63, 3.8) is 0 Å². The highest BCUT2D eigenvalue weighted by molar-refractivity contribution is 6.07. The Hall–Kier alpha value is -3.28. The third-order valence-electron chi connectivity index (χ3n) is 5.10. The number of carbonyl (C=O) groups is 2. The van der Waals surface area contributed by atoms with Crippen LogP contribution in [0.2, 0.25) is 0 Å². The van der Waals surface area contributed by atoms with Gasteiger partial charge in [0.2, 0.25) is 5.91 Å². The third kappa shape index (κ3) is 3.45. The van der Waals surface area contributed by atoms with Gasteiger partial charge in [-0.2, -0.15) is 0 Å². The number of aromatic nitrogens is 1. The van der Waals surface area contributed by atoms with Crippen LogP contribution in [0, 0.1) is 5.82 Å². The van der Waals surface area contributed by atoms with Crippen LogP contribution in [0.1, 0.15) is 17.3 Å². The summed E-state index contributed by atoms with van der Waals surface area (Å²) in [5.74, 6) is -0.366. The molecule has 0 bridgehead atoms. The summed E-state index contributed by atoms with van der Waals surface area (Å²) in [6, 6.07) is 15.4. The van der Waals surface area contributed by atoms with Crippen LogP contribution >= 0.6 is 0 Å². The monoisotopic (exact) mass is 377 g/mol. The van der Waals surface area contributed by atoms with Crippen LogP contribution in [0.25, 0.3) is 22.2 Å². The second kappa shape index (κ2) is 7.38. The van der Waals surface area contributed by atoms with Crippen molar-refractivity contribution in [2.45, 2.75) is 6.92 Å². The van der Waals surface area contributed by atoms with Gasteiger partial charge in [-0.25, -0.2) is 9.37 Å². The van der Waals surface area contributed by atoms with Gasteiger partial charge in [-0.3, -0.25) is 9.59 Å². The standard InChI is InChI=1S/C22H20FN3O2/c1-15(27)25-10-12-26(13-11-25)22(28)19-14-21(16-6-8-17(23)9-7-16)24-20-5-3-2-4-18(19)20/h2-9,14H,10-13H2,1H3. The number of halogens is 1. The van der Waals surface area contributed by atoms with Gasteiger partial charge in [-0.05, 0) is 36.4 Å². The minimum atomic E-state index is -0.316. The molecule has 4 rings (SSSR count). The molecule has 2 amide bonds. The number of para-hydroxylation sites is 1. The van der Waals surface area contributed by atoms with Gasteiger partial charge in [-0.1, -0.05) is 18.2 Å². The van der Waals surface area contributed by atoms with E-state index in [2.05, 4.69) is 4.98 Å². The molecule has 0 atom stereocenters. The van der Waals surface area contributed by atoms with E-state index in [1.54, 1.807) is 34.9 Å². The third-order valence-corrected chi connectivity index (χ3v) is 5.10. The number of hydrogen-bond donors (Lipinski definition) is 0. The molecule has 1 aromatic heterocycles. The Balaban J connectivity index is 1.72. The first-order valence-electron chi connectivity index (χ1n) is 9.23. The minimum absolute atomic E-state index is 0.0278. The Bertz CT molecular complexity index is 1040. The number of hydrogen-bond acceptors (Lipinski definition) is 3. The van der Waals surface area contributed by atoms with Crippen molar-refractivity contribution in [3.8, 4) is 11.3 Å². The molecule has 2 aromatic carbocycles. The summed E-state index contributed by atoms with van der Waals surface area (Å²) in [5, 5.41) is 0.785. The fraction of sp³-hybridized carbons (Fsp3) is 0.227. The SMILES string of the molecule is CC(=O)N1CCN(C(=O)c2cc(-c3ccc(F)cc3)nc3ccccc23)CC1. The first-order chi connectivity index (χ1) is 13.5. The lowest BCUT2D eigenvalue weighted by Gasteiger charge is -2.34. The normalized spacial score (nSPS) is 14.4. The van der Waals surface area contributed by atoms with Gasteiger partial charge >= 0.3 is 0 Å². The fourth-order valence-corrected chi connectivity index (χ4v) is 3.52. The quantitative estimate of drug-likeness (QED) is 0.688. The number of piperazine rings is 1. The summed E-state index contributed by atoms with van der Waals surface area (Å²) < 4.78 is 13.3. The molecule has 2 heterocycles.